The molecule has 2 rings (SSSR count). The summed E-state index contributed by atoms with van der Waals surface area (Å²) in [6.45, 7) is 4.66. The van der Waals surface area contributed by atoms with Gasteiger partial charge in [-0.2, -0.15) is 0 Å². The first-order valence-electron chi connectivity index (χ1n) is 7.28. The van der Waals surface area contributed by atoms with Gasteiger partial charge in [0.25, 0.3) is 0 Å². The van der Waals surface area contributed by atoms with Gasteiger partial charge >= 0.3 is 0 Å². The van der Waals surface area contributed by atoms with Gasteiger partial charge in [0.05, 0.1) is 0 Å². The van der Waals surface area contributed by atoms with Gasteiger partial charge in [0.2, 0.25) is 0 Å². The second kappa shape index (κ2) is 6.74. The van der Waals surface area contributed by atoms with E-state index in [1.54, 1.807) is 0 Å². The summed E-state index contributed by atoms with van der Waals surface area (Å²) in [6, 6.07) is 5.38. The molecule has 1 fully saturated rings. The van der Waals surface area contributed by atoms with Gasteiger partial charge in [0, 0.05) is 16.2 Å². The SMILES string of the molecule is CC(C)C1CCCC(Nc2ccc(F)cc2Br)CC1. The van der Waals surface area contributed by atoms with Crippen LogP contribution in [0.3, 0.4) is 0 Å². The van der Waals surface area contributed by atoms with Gasteiger partial charge in [-0.1, -0.05) is 26.7 Å². The van der Waals surface area contributed by atoms with Crippen molar-refractivity contribution in [1.82, 2.24) is 0 Å². The molecular weight excluding hydrogens is 305 g/mol. The number of anilines is 1. The largest absolute Gasteiger partial charge is 0.381 e. The van der Waals surface area contributed by atoms with Crippen LogP contribution in [0.25, 0.3) is 0 Å². The first kappa shape index (κ1) is 14.8. The zero-order chi connectivity index (χ0) is 13.8. The lowest BCUT2D eigenvalue weighted by molar-refractivity contribution is 0.341. The van der Waals surface area contributed by atoms with Crippen LogP contribution in [0.15, 0.2) is 22.7 Å². The molecule has 19 heavy (non-hydrogen) atoms. The third kappa shape index (κ3) is 4.20. The highest BCUT2D eigenvalue weighted by molar-refractivity contribution is 9.10. The van der Waals surface area contributed by atoms with Crippen LogP contribution in [0.2, 0.25) is 0 Å². The third-order valence-electron chi connectivity index (χ3n) is 4.25. The Bertz CT molecular complexity index is 419. The van der Waals surface area contributed by atoms with Crippen molar-refractivity contribution in [2.24, 2.45) is 11.8 Å². The fourth-order valence-corrected chi connectivity index (χ4v) is 3.43. The summed E-state index contributed by atoms with van der Waals surface area (Å²) >= 11 is 3.43. The Balaban J connectivity index is 1.96. The fourth-order valence-electron chi connectivity index (χ4n) is 2.97. The number of nitrogens with one attached hydrogen (secondary N) is 1. The van der Waals surface area contributed by atoms with Gasteiger partial charge < -0.3 is 5.32 Å². The second-order valence-electron chi connectivity index (χ2n) is 5.98. The molecule has 0 radical (unpaired) electrons. The van der Waals surface area contributed by atoms with Crippen LogP contribution < -0.4 is 5.32 Å². The summed E-state index contributed by atoms with van der Waals surface area (Å²) in [5, 5.41) is 3.56. The molecule has 1 aromatic carbocycles. The molecule has 1 nitrogen and oxygen atoms in total. The van der Waals surface area contributed by atoms with Crippen LogP contribution in [-0.4, -0.2) is 6.04 Å². The van der Waals surface area contributed by atoms with Gasteiger partial charge in [0.1, 0.15) is 5.82 Å². The van der Waals surface area contributed by atoms with E-state index in [9.17, 15) is 4.39 Å². The molecule has 0 aromatic heterocycles. The van der Waals surface area contributed by atoms with Crippen molar-refractivity contribution >= 4 is 21.6 Å². The molecule has 3 heteroatoms. The van der Waals surface area contributed by atoms with E-state index in [4.69, 9.17) is 0 Å². The monoisotopic (exact) mass is 327 g/mol. The van der Waals surface area contributed by atoms with E-state index in [1.807, 2.05) is 6.07 Å². The van der Waals surface area contributed by atoms with Gasteiger partial charge in [-0.15, -0.1) is 0 Å². The normalized spacial score (nSPS) is 24.3. The van der Waals surface area contributed by atoms with Crippen molar-refractivity contribution < 1.29 is 4.39 Å². The summed E-state index contributed by atoms with van der Waals surface area (Å²) < 4.78 is 13.9. The number of halogens is 2. The molecular formula is C16H23BrFN. The number of benzene rings is 1. The smallest absolute Gasteiger partial charge is 0.124 e. The number of hydrogen-bond acceptors (Lipinski definition) is 1. The van der Waals surface area contributed by atoms with Crippen molar-refractivity contribution in [2.75, 3.05) is 5.32 Å². The Labute approximate surface area is 124 Å². The Kier molecular flexibility index (Phi) is 5.26. The van der Waals surface area contributed by atoms with E-state index >= 15 is 0 Å². The molecule has 1 aliphatic carbocycles. The van der Waals surface area contributed by atoms with Crippen LogP contribution in [0, 0.1) is 17.7 Å². The minimum absolute atomic E-state index is 0.196. The third-order valence-corrected chi connectivity index (χ3v) is 4.90. The average Bonchev–Trinajstić information content (AvgIpc) is 2.58. The summed E-state index contributed by atoms with van der Waals surface area (Å²) in [6.07, 6.45) is 6.37. The van der Waals surface area contributed by atoms with Crippen LogP contribution in [-0.2, 0) is 0 Å². The predicted octanol–water partition coefficient (Wildman–Crippen LogP) is 5.61. The van der Waals surface area contributed by atoms with Crippen LogP contribution in [0.5, 0.6) is 0 Å². The second-order valence-corrected chi connectivity index (χ2v) is 6.83. The molecule has 1 saturated carbocycles. The number of rotatable bonds is 3. The molecule has 1 N–H and O–H groups in total. The fraction of sp³-hybridized carbons (Fsp3) is 0.625. The molecule has 0 aliphatic heterocycles. The quantitative estimate of drug-likeness (QED) is 0.712. The lowest BCUT2D eigenvalue weighted by atomic mass is 9.89. The molecule has 0 heterocycles. The molecule has 0 amide bonds. The molecule has 106 valence electrons. The van der Waals surface area contributed by atoms with Crippen LogP contribution >= 0.6 is 15.9 Å². The first-order valence-corrected chi connectivity index (χ1v) is 8.07. The maximum absolute atomic E-state index is 13.1. The predicted molar refractivity (Wildman–Crippen MR) is 82.9 cm³/mol. The first-order chi connectivity index (χ1) is 9.06. The van der Waals surface area contributed by atoms with E-state index in [0.29, 0.717) is 6.04 Å². The maximum Gasteiger partial charge on any atom is 0.124 e. The van der Waals surface area contributed by atoms with E-state index in [1.165, 1.54) is 44.2 Å². The zero-order valence-electron chi connectivity index (χ0n) is 11.8. The molecule has 0 bridgehead atoms. The van der Waals surface area contributed by atoms with Crippen molar-refractivity contribution in [3.63, 3.8) is 0 Å². The van der Waals surface area contributed by atoms with E-state index in [0.717, 1.165) is 22.0 Å². The maximum atomic E-state index is 13.1. The highest BCUT2D eigenvalue weighted by Gasteiger charge is 2.21. The van der Waals surface area contributed by atoms with E-state index in [2.05, 4.69) is 35.1 Å². The Morgan fingerprint density at radius 3 is 2.68 bits per heavy atom. The summed E-state index contributed by atoms with van der Waals surface area (Å²) in [7, 11) is 0. The lowest BCUT2D eigenvalue weighted by Crippen LogP contribution is -2.19. The average molecular weight is 328 g/mol. The van der Waals surface area contributed by atoms with Gasteiger partial charge in [0.15, 0.2) is 0 Å². The standard InChI is InChI=1S/C16H23BrFN/c1-11(2)12-4-3-5-14(8-6-12)19-16-9-7-13(18)10-15(16)17/h7,9-12,14,19H,3-6,8H2,1-2H3. The molecule has 0 spiro atoms. The zero-order valence-corrected chi connectivity index (χ0v) is 13.3. The molecule has 0 saturated heterocycles. The minimum Gasteiger partial charge on any atom is -0.381 e. The molecule has 2 unspecified atom stereocenters. The van der Waals surface area contributed by atoms with Crippen molar-refractivity contribution in [3.05, 3.63) is 28.5 Å². The van der Waals surface area contributed by atoms with Crippen molar-refractivity contribution in [1.29, 1.82) is 0 Å². The molecule has 1 aliphatic rings. The van der Waals surface area contributed by atoms with Crippen molar-refractivity contribution in [3.8, 4) is 0 Å². The Hall–Kier alpha value is -0.570. The minimum atomic E-state index is -0.196. The van der Waals surface area contributed by atoms with Gasteiger partial charge in [-0.25, -0.2) is 4.39 Å². The van der Waals surface area contributed by atoms with Gasteiger partial charge in [-0.05, 0) is 65.2 Å². The molecule has 1 aromatic rings. The Morgan fingerprint density at radius 1 is 1.21 bits per heavy atom. The summed E-state index contributed by atoms with van der Waals surface area (Å²) in [5.41, 5.74) is 1.01. The van der Waals surface area contributed by atoms with Crippen LogP contribution in [0.1, 0.15) is 46.0 Å². The van der Waals surface area contributed by atoms with E-state index in [-0.39, 0.29) is 5.82 Å². The van der Waals surface area contributed by atoms with Crippen molar-refractivity contribution in [2.45, 2.75) is 52.0 Å². The topological polar surface area (TPSA) is 12.0 Å². The molecule has 2 atom stereocenters. The van der Waals surface area contributed by atoms with Crippen LogP contribution in [0.4, 0.5) is 10.1 Å². The van der Waals surface area contributed by atoms with Gasteiger partial charge in [-0.3, -0.25) is 0 Å². The summed E-state index contributed by atoms with van der Waals surface area (Å²) in [5.74, 6) is 1.46. The lowest BCUT2D eigenvalue weighted by Gasteiger charge is -2.20. The summed E-state index contributed by atoms with van der Waals surface area (Å²) in [4.78, 5) is 0. The highest BCUT2D eigenvalue weighted by atomic mass is 79.9. The highest BCUT2D eigenvalue weighted by Crippen LogP contribution is 2.31. The Morgan fingerprint density at radius 2 is 2.00 bits per heavy atom. The van der Waals surface area contributed by atoms with E-state index < -0.39 is 0 Å². The number of hydrogen-bond donors (Lipinski definition) is 1.